The van der Waals surface area contributed by atoms with Crippen LogP contribution in [0.25, 0.3) is 5.57 Å². The Hall–Kier alpha value is -3.32. The fourth-order valence-corrected chi connectivity index (χ4v) is 7.18. The average molecular weight is 542 g/mol. The van der Waals surface area contributed by atoms with Gasteiger partial charge in [0.15, 0.2) is 0 Å². The molecule has 3 atom stereocenters. The van der Waals surface area contributed by atoms with Gasteiger partial charge in [-0.05, 0) is 132 Å². The molecule has 6 rings (SSSR count). The van der Waals surface area contributed by atoms with Gasteiger partial charge in [0.05, 0.1) is 0 Å². The number of nitrogens with zero attached hydrogens (tertiary/aromatic N) is 1. The smallest absolute Gasteiger partial charge is 0.0373 e. The molecule has 1 heteroatoms. The van der Waals surface area contributed by atoms with Crippen LogP contribution in [0.1, 0.15) is 89.7 Å². The first-order chi connectivity index (χ1) is 19.9. The van der Waals surface area contributed by atoms with E-state index in [2.05, 4.69) is 118 Å². The zero-order valence-corrected chi connectivity index (χ0v) is 25.6. The summed E-state index contributed by atoms with van der Waals surface area (Å²) in [5.41, 5.74) is 14.6. The highest BCUT2D eigenvalue weighted by Crippen LogP contribution is 2.42. The molecule has 0 bridgehead atoms. The van der Waals surface area contributed by atoms with Crippen molar-refractivity contribution in [2.45, 2.75) is 91.5 Å². The average Bonchev–Trinajstić information content (AvgIpc) is 3.00. The first-order valence-electron chi connectivity index (χ1n) is 16.0. The van der Waals surface area contributed by atoms with E-state index in [0.717, 1.165) is 38.5 Å². The molecule has 1 aromatic carbocycles. The van der Waals surface area contributed by atoms with Crippen molar-refractivity contribution >= 4 is 5.57 Å². The molecule has 0 aliphatic heterocycles. The Morgan fingerprint density at radius 1 is 0.683 bits per heavy atom. The van der Waals surface area contributed by atoms with E-state index in [1.54, 1.807) is 5.57 Å². The molecule has 41 heavy (non-hydrogen) atoms. The fraction of sp³-hybridized carbons (Fsp3) is 0.400. The standard InChI is InChI=1S/C40H47N/c1-28-5-13-32(14-6-28)35-25-36(33-15-7-29(2)8-16-33)27-37(26-35)34-17-23-40(24-18-34)41(38-19-9-30(3)10-20-38)39-21-11-31(4)12-22-39/h5-9,11,13-15,17,19,23,26-27,33,36,39H,10,12,16,18,20-22,24-25H2,1-4H3. The summed E-state index contributed by atoms with van der Waals surface area (Å²) in [5.74, 6) is 1.11. The molecular weight excluding hydrogens is 494 g/mol. The molecule has 0 N–H and O–H groups in total. The first-order valence-corrected chi connectivity index (χ1v) is 16.0. The van der Waals surface area contributed by atoms with Crippen LogP contribution in [-0.4, -0.2) is 10.9 Å². The normalized spacial score (nSPS) is 26.5. The van der Waals surface area contributed by atoms with Gasteiger partial charge in [0, 0.05) is 17.4 Å². The lowest BCUT2D eigenvalue weighted by molar-refractivity contribution is 0.271. The summed E-state index contributed by atoms with van der Waals surface area (Å²) in [6, 6.07) is 9.75. The van der Waals surface area contributed by atoms with Crippen LogP contribution in [0, 0.1) is 18.8 Å². The van der Waals surface area contributed by atoms with Crippen molar-refractivity contribution in [3.63, 3.8) is 0 Å². The van der Waals surface area contributed by atoms with Gasteiger partial charge >= 0.3 is 0 Å². The van der Waals surface area contributed by atoms with Crippen LogP contribution in [-0.2, 0) is 0 Å². The Morgan fingerprint density at radius 3 is 2.10 bits per heavy atom. The zero-order chi connectivity index (χ0) is 28.3. The lowest BCUT2D eigenvalue weighted by atomic mass is 9.75. The molecule has 0 saturated carbocycles. The summed E-state index contributed by atoms with van der Waals surface area (Å²) >= 11 is 0. The van der Waals surface area contributed by atoms with Gasteiger partial charge in [0.25, 0.3) is 0 Å². The molecule has 0 aromatic heterocycles. The second-order valence-electron chi connectivity index (χ2n) is 13.1. The first kappa shape index (κ1) is 27.8. The Morgan fingerprint density at radius 2 is 1.46 bits per heavy atom. The summed E-state index contributed by atoms with van der Waals surface area (Å²) in [6.07, 6.45) is 35.0. The van der Waals surface area contributed by atoms with Gasteiger partial charge in [-0.3, -0.25) is 0 Å². The third-order valence-electron chi connectivity index (χ3n) is 9.90. The van der Waals surface area contributed by atoms with Crippen molar-refractivity contribution < 1.29 is 0 Å². The van der Waals surface area contributed by atoms with Gasteiger partial charge in [0.1, 0.15) is 0 Å². The molecule has 1 aromatic rings. The highest BCUT2D eigenvalue weighted by Gasteiger charge is 2.29. The summed E-state index contributed by atoms with van der Waals surface area (Å²) in [7, 11) is 0. The molecule has 212 valence electrons. The third-order valence-corrected chi connectivity index (χ3v) is 9.90. The lowest BCUT2D eigenvalue weighted by Gasteiger charge is -2.40. The maximum Gasteiger partial charge on any atom is 0.0373 e. The second kappa shape index (κ2) is 12.3. The lowest BCUT2D eigenvalue weighted by Crippen LogP contribution is -2.36. The topological polar surface area (TPSA) is 3.24 Å². The maximum absolute atomic E-state index is 2.74. The molecule has 3 unspecified atom stereocenters. The van der Waals surface area contributed by atoms with Crippen molar-refractivity contribution in [1.29, 1.82) is 0 Å². The Kier molecular flexibility index (Phi) is 8.33. The Bertz CT molecular complexity index is 1440. The minimum atomic E-state index is 0.536. The van der Waals surface area contributed by atoms with E-state index in [1.165, 1.54) is 69.6 Å². The van der Waals surface area contributed by atoms with Crippen LogP contribution in [0.5, 0.6) is 0 Å². The van der Waals surface area contributed by atoms with Gasteiger partial charge in [-0.15, -0.1) is 0 Å². The maximum atomic E-state index is 2.74. The van der Waals surface area contributed by atoms with Crippen molar-refractivity contribution in [2.75, 3.05) is 0 Å². The van der Waals surface area contributed by atoms with E-state index in [0.29, 0.717) is 17.9 Å². The SMILES string of the molecule is CC1=CCC(C2C=C(C3=CC=C(N(C4=CC=C(C)CC4)C4CC=C(C)CC4)CC3)C=C(c3ccc(C)cc3)C2)C=C1. The van der Waals surface area contributed by atoms with E-state index < -0.39 is 0 Å². The third kappa shape index (κ3) is 6.45. The largest absolute Gasteiger partial charge is 0.345 e. The minimum Gasteiger partial charge on any atom is -0.345 e. The van der Waals surface area contributed by atoms with Crippen LogP contribution < -0.4 is 0 Å². The van der Waals surface area contributed by atoms with Crippen LogP contribution >= 0.6 is 0 Å². The molecule has 5 aliphatic carbocycles. The zero-order valence-electron chi connectivity index (χ0n) is 25.6. The van der Waals surface area contributed by atoms with Crippen LogP contribution in [0.15, 0.2) is 124 Å². The number of rotatable bonds is 6. The van der Waals surface area contributed by atoms with Gasteiger partial charge < -0.3 is 4.90 Å². The Labute approximate surface area is 248 Å². The quantitative estimate of drug-likeness (QED) is 0.324. The van der Waals surface area contributed by atoms with Crippen molar-refractivity contribution in [1.82, 2.24) is 4.90 Å². The monoisotopic (exact) mass is 541 g/mol. The fourth-order valence-electron chi connectivity index (χ4n) is 7.18. The second-order valence-corrected chi connectivity index (χ2v) is 13.1. The number of hydrogen-bond donors (Lipinski definition) is 0. The summed E-state index contributed by atoms with van der Waals surface area (Å²) < 4.78 is 0. The molecule has 0 saturated heterocycles. The predicted octanol–water partition coefficient (Wildman–Crippen LogP) is 10.9. The predicted molar refractivity (Wildman–Crippen MR) is 176 cm³/mol. The van der Waals surface area contributed by atoms with Crippen LogP contribution in [0.3, 0.4) is 0 Å². The minimum absolute atomic E-state index is 0.536. The van der Waals surface area contributed by atoms with Gasteiger partial charge in [-0.2, -0.15) is 0 Å². The summed E-state index contributed by atoms with van der Waals surface area (Å²) in [6.45, 7) is 8.97. The van der Waals surface area contributed by atoms with Gasteiger partial charge in [-0.25, -0.2) is 0 Å². The van der Waals surface area contributed by atoms with Crippen LogP contribution in [0.2, 0.25) is 0 Å². The van der Waals surface area contributed by atoms with E-state index in [1.807, 2.05) is 0 Å². The summed E-state index contributed by atoms with van der Waals surface area (Å²) in [4.78, 5) is 2.74. The number of benzene rings is 1. The number of allylic oxidation sites excluding steroid dienone is 17. The number of hydrogen-bond acceptors (Lipinski definition) is 1. The van der Waals surface area contributed by atoms with E-state index in [-0.39, 0.29) is 0 Å². The van der Waals surface area contributed by atoms with Gasteiger partial charge in [-0.1, -0.05) is 95.2 Å². The molecule has 1 nitrogen and oxygen atoms in total. The number of aryl methyl sites for hydroxylation is 1. The highest BCUT2D eigenvalue weighted by molar-refractivity contribution is 5.72. The molecule has 0 heterocycles. The van der Waals surface area contributed by atoms with Crippen LogP contribution in [0.4, 0.5) is 0 Å². The van der Waals surface area contributed by atoms with E-state index in [4.69, 9.17) is 0 Å². The highest BCUT2D eigenvalue weighted by atomic mass is 15.2. The van der Waals surface area contributed by atoms with Crippen molar-refractivity contribution in [3.05, 3.63) is 135 Å². The van der Waals surface area contributed by atoms with E-state index >= 15 is 0 Å². The van der Waals surface area contributed by atoms with Crippen molar-refractivity contribution in [3.8, 4) is 0 Å². The molecule has 0 fully saturated rings. The summed E-state index contributed by atoms with van der Waals surface area (Å²) in [5, 5.41) is 0. The van der Waals surface area contributed by atoms with Crippen molar-refractivity contribution in [2.24, 2.45) is 11.8 Å². The van der Waals surface area contributed by atoms with Gasteiger partial charge in [0.2, 0.25) is 0 Å². The molecular formula is C40H47N. The molecule has 5 aliphatic rings. The molecule has 0 amide bonds. The molecule has 0 radical (unpaired) electrons. The Balaban J connectivity index is 1.32. The van der Waals surface area contributed by atoms with E-state index in [9.17, 15) is 0 Å². The molecule has 0 spiro atoms.